The van der Waals surface area contributed by atoms with Crippen LogP contribution in [0.4, 0.5) is 0 Å². The summed E-state index contributed by atoms with van der Waals surface area (Å²) in [5.41, 5.74) is 0.616. The molecule has 0 saturated heterocycles. The molecule has 0 aliphatic heterocycles. The number of amides is 1. The highest BCUT2D eigenvalue weighted by molar-refractivity contribution is 9.10. The normalized spacial score (nSPS) is 10.2. The number of halogens is 1. The van der Waals surface area contributed by atoms with Crippen LogP contribution in [0.5, 0.6) is 0 Å². The summed E-state index contributed by atoms with van der Waals surface area (Å²) in [4.78, 5) is 18.8. The lowest BCUT2D eigenvalue weighted by Crippen LogP contribution is -2.25. The second kappa shape index (κ2) is 5.42. The van der Waals surface area contributed by atoms with Crippen LogP contribution >= 0.6 is 27.3 Å². The number of pyridine rings is 1. The van der Waals surface area contributed by atoms with Crippen LogP contribution in [0.1, 0.15) is 15.2 Å². The van der Waals surface area contributed by atoms with Crippen LogP contribution in [0.2, 0.25) is 0 Å². The predicted molar refractivity (Wildman–Crippen MR) is 72.1 cm³/mol. The quantitative estimate of drug-likeness (QED) is 0.872. The first-order chi connectivity index (χ1) is 8.16. The van der Waals surface area contributed by atoms with Gasteiger partial charge in [-0.25, -0.2) is 0 Å². The van der Waals surface area contributed by atoms with E-state index in [0.29, 0.717) is 12.1 Å². The van der Waals surface area contributed by atoms with Gasteiger partial charge in [0.2, 0.25) is 0 Å². The number of hydrogen-bond donors (Lipinski definition) is 0. The van der Waals surface area contributed by atoms with E-state index in [0.717, 1.165) is 9.35 Å². The van der Waals surface area contributed by atoms with E-state index in [9.17, 15) is 4.79 Å². The lowest BCUT2D eigenvalue weighted by atomic mass is 10.2. The molecule has 0 N–H and O–H groups in total. The Hall–Kier alpha value is -1.20. The smallest absolute Gasteiger partial charge is 0.255 e. The summed E-state index contributed by atoms with van der Waals surface area (Å²) < 4.78 is 1.06. The summed E-state index contributed by atoms with van der Waals surface area (Å²) in [6.45, 7) is 0.615. The molecule has 0 radical (unpaired) electrons. The van der Waals surface area contributed by atoms with Crippen molar-refractivity contribution in [3.8, 4) is 0 Å². The van der Waals surface area contributed by atoms with Gasteiger partial charge in [0.05, 0.1) is 12.1 Å². The summed E-state index contributed by atoms with van der Waals surface area (Å²) >= 11 is 5.04. The van der Waals surface area contributed by atoms with E-state index in [1.165, 1.54) is 0 Å². The molecule has 17 heavy (non-hydrogen) atoms. The predicted octanol–water partition coefficient (Wildman–Crippen LogP) is 3.18. The van der Waals surface area contributed by atoms with Gasteiger partial charge in [-0.3, -0.25) is 9.78 Å². The molecule has 2 aromatic heterocycles. The number of carbonyl (C=O) groups excluding carboxylic acids is 1. The van der Waals surface area contributed by atoms with Gasteiger partial charge in [0.1, 0.15) is 0 Å². The Morgan fingerprint density at radius 1 is 1.59 bits per heavy atom. The van der Waals surface area contributed by atoms with E-state index < -0.39 is 0 Å². The second-order valence-corrected chi connectivity index (χ2v) is 5.55. The monoisotopic (exact) mass is 310 g/mol. The van der Waals surface area contributed by atoms with Gasteiger partial charge in [-0.1, -0.05) is 0 Å². The topological polar surface area (TPSA) is 33.2 Å². The maximum Gasteiger partial charge on any atom is 0.255 e. The average Bonchev–Trinajstić information content (AvgIpc) is 2.75. The highest BCUT2D eigenvalue weighted by Crippen LogP contribution is 2.21. The number of nitrogens with zero attached hydrogens (tertiary/aromatic N) is 2. The van der Waals surface area contributed by atoms with Crippen LogP contribution in [-0.4, -0.2) is 22.8 Å². The van der Waals surface area contributed by atoms with E-state index in [4.69, 9.17) is 0 Å². The average molecular weight is 311 g/mol. The summed E-state index contributed by atoms with van der Waals surface area (Å²) in [7, 11) is 1.79. The number of rotatable bonds is 3. The molecule has 0 atom stereocenters. The largest absolute Gasteiger partial charge is 0.337 e. The van der Waals surface area contributed by atoms with Crippen molar-refractivity contribution < 1.29 is 4.79 Å². The molecular formula is C12H11BrN2OS. The Morgan fingerprint density at radius 3 is 3.00 bits per heavy atom. The van der Waals surface area contributed by atoms with Crippen LogP contribution in [0.15, 0.2) is 40.4 Å². The fraction of sp³-hybridized carbons (Fsp3) is 0.167. The minimum absolute atomic E-state index is 0.0115. The molecule has 2 rings (SSSR count). The molecule has 0 fully saturated rings. The molecule has 2 heterocycles. The fourth-order valence-corrected chi connectivity index (χ4v) is 2.96. The summed E-state index contributed by atoms with van der Waals surface area (Å²) in [6, 6.07) is 5.57. The van der Waals surface area contributed by atoms with Gasteiger partial charge in [-0.05, 0) is 34.1 Å². The molecule has 0 aliphatic carbocycles. The lowest BCUT2D eigenvalue weighted by molar-refractivity contribution is 0.0786. The Labute approximate surface area is 112 Å². The van der Waals surface area contributed by atoms with Crippen LogP contribution in [0.25, 0.3) is 0 Å². The van der Waals surface area contributed by atoms with Gasteiger partial charge in [0.25, 0.3) is 5.91 Å². The van der Waals surface area contributed by atoms with Crippen LogP contribution in [0, 0.1) is 0 Å². The van der Waals surface area contributed by atoms with Crippen LogP contribution in [-0.2, 0) is 6.54 Å². The first kappa shape index (κ1) is 12.3. The molecule has 0 aromatic carbocycles. The van der Waals surface area contributed by atoms with E-state index >= 15 is 0 Å². The first-order valence-corrected chi connectivity index (χ1v) is 6.72. The summed E-state index contributed by atoms with van der Waals surface area (Å²) in [5, 5.41) is 2.01. The van der Waals surface area contributed by atoms with Gasteiger partial charge < -0.3 is 4.90 Å². The van der Waals surface area contributed by atoms with E-state index in [-0.39, 0.29) is 5.91 Å². The maximum absolute atomic E-state index is 12.0. The Kier molecular flexibility index (Phi) is 3.91. The van der Waals surface area contributed by atoms with E-state index in [1.54, 1.807) is 47.8 Å². The van der Waals surface area contributed by atoms with Gasteiger partial charge in [0.15, 0.2) is 0 Å². The molecule has 3 nitrogen and oxygen atoms in total. The third kappa shape index (κ3) is 3.14. The standard InChI is InChI=1S/C12H11BrN2OS/c1-15(7-11-5-10(13)8-17-11)12(16)9-3-2-4-14-6-9/h2-6,8H,7H2,1H3. The molecule has 0 spiro atoms. The second-order valence-electron chi connectivity index (χ2n) is 3.63. The zero-order chi connectivity index (χ0) is 12.3. The Balaban J connectivity index is 2.06. The van der Waals surface area contributed by atoms with Crippen molar-refractivity contribution in [1.82, 2.24) is 9.88 Å². The van der Waals surface area contributed by atoms with Gasteiger partial charge in [-0.15, -0.1) is 11.3 Å². The zero-order valence-electron chi connectivity index (χ0n) is 9.26. The fourth-order valence-electron chi connectivity index (χ4n) is 1.45. The van der Waals surface area contributed by atoms with E-state index in [1.807, 2.05) is 11.4 Å². The van der Waals surface area contributed by atoms with Crippen molar-refractivity contribution in [2.24, 2.45) is 0 Å². The number of aromatic nitrogens is 1. The summed E-state index contributed by atoms with van der Waals surface area (Å²) in [5.74, 6) is -0.0115. The Morgan fingerprint density at radius 2 is 2.41 bits per heavy atom. The minimum atomic E-state index is -0.0115. The SMILES string of the molecule is CN(Cc1cc(Br)cs1)C(=O)c1cccnc1. The van der Waals surface area contributed by atoms with Gasteiger partial charge in [0, 0.05) is 34.2 Å². The molecular weight excluding hydrogens is 300 g/mol. The Bertz CT molecular complexity index is 512. The van der Waals surface area contributed by atoms with Crippen molar-refractivity contribution in [3.05, 3.63) is 50.9 Å². The third-order valence-corrected chi connectivity index (χ3v) is 3.95. The molecule has 1 amide bonds. The molecule has 88 valence electrons. The van der Waals surface area contributed by atoms with Gasteiger partial charge >= 0.3 is 0 Å². The third-order valence-electron chi connectivity index (χ3n) is 2.27. The van der Waals surface area contributed by atoms with Crippen LogP contribution in [0.3, 0.4) is 0 Å². The van der Waals surface area contributed by atoms with Gasteiger partial charge in [-0.2, -0.15) is 0 Å². The highest BCUT2D eigenvalue weighted by Gasteiger charge is 2.12. The summed E-state index contributed by atoms with van der Waals surface area (Å²) in [6.07, 6.45) is 3.25. The highest BCUT2D eigenvalue weighted by atomic mass is 79.9. The van der Waals surface area contributed by atoms with E-state index in [2.05, 4.69) is 20.9 Å². The lowest BCUT2D eigenvalue weighted by Gasteiger charge is -2.15. The number of thiophene rings is 1. The first-order valence-electron chi connectivity index (χ1n) is 5.05. The number of carbonyl (C=O) groups is 1. The molecule has 2 aromatic rings. The minimum Gasteiger partial charge on any atom is -0.337 e. The molecule has 0 unspecified atom stereocenters. The van der Waals surface area contributed by atoms with Crippen molar-refractivity contribution in [2.75, 3.05) is 7.05 Å². The van der Waals surface area contributed by atoms with Crippen molar-refractivity contribution >= 4 is 33.2 Å². The molecule has 0 aliphatic rings. The van der Waals surface area contributed by atoms with Crippen molar-refractivity contribution in [3.63, 3.8) is 0 Å². The van der Waals surface area contributed by atoms with Crippen molar-refractivity contribution in [2.45, 2.75) is 6.54 Å². The maximum atomic E-state index is 12.0. The van der Waals surface area contributed by atoms with Crippen LogP contribution < -0.4 is 0 Å². The molecule has 0 bridgehead atoms. The molecule has 0 saturated carbocycles. The molecule has 5 heteroatoms. The zero-order valence-corrected chi connectivity index (χ0v) is 11.7. The van der Waals surface area contributed by atoms with Crippen molar-refractivity contribution in [1.29, 1.82) is 0 Å². The number of hydrogen-bond acceptors (Lipinski definition) is 3.